The minimum atomic E-state index is 0.469. The van der Waals surface area contributed by atoms with Gasteiger partial charge in [-0.3, -0.25) is 0 Å². The Kier molecular flexibility index (Phi) is 5.37. The number of unbranched alkanes of at least 4 members (excludes halogenated alkanes) is 1. The second kappa shape index (κ2) is 7.87. The van der Waals surface area contributed by atoms with Gasteiger partial charge >= 0.3 is 0 Å². The summed E-state index contributed by atoms with van der Waals surface area (Å²) in [5, 5.41) is 9.70. The number of nitrogens with zero attached hydrogens (tertiary/aromatic N) is 3. The van der Waals surface area contributed by atoms with Gasteiger partial charge in [-0.25, -0.2) is 4.98 Å². The van der Waals surface area contributed by atoms with Crippen molar-refractivity contribution in [3.8, 4) is 28.7 Å². The summed E-state index contributed by atoms with van der Waals surface area (Å²) in [4.78, 5) is 4.87. The lowest BCUT2D eigenvalue weighted by Gasteiger charge is -2.16. The normalized spacial score (nSPS) is 10.4. The second-order valence-corrected chi connectivity index (χ2v) is 6.20. The highest BCUT2D eigenvalue weighted by atomic mass is 32.1. The van der Waals surface area contributed by atoms with Gasteiger partial charge in [-0.05, 0) is 6.42 Å². The smallest absolute Gasteiger partial charge is 0.141 e. The molecule has 3 nitrogen and oxygen atoms in total. The molecule has 3 rings (SSSR count). The van der Waals surface area contributed by atoms with Crippen LogP contribution in [0.3, 0.4) is 0 Å². The van der Waals surface area contributed by atoms with E-state index in [4.69, 9.17) is 17.2 Å². The van der Waals surface area contributed by atoms with Crippen LogP contribution < -0.4 is 0 Å². The number of hydrogen-bond donors (Lipinski definition) is 0. The molecule has 4 heteroatoms. The van der Waals surface area contributed by atoms with E-state index in [0.29, 0.717) is 15.9 Å². The molecule has 0 aliphatic carbocycles. The third kappa shape index (κ3) is 3.52. The Morgan fingerprint density at radius 3 is 2.16 bits per heavy atom. The molecular formula is C21H19N3S. The van der Waals surface area contributed by atoms with E-state index in [1.807, 2.05) is 65.2 Å². The third-order valence-electron chi connectivity index (χ3n) is 4.10. The summed E-state index contributed by atoms with van der Waals surface area (Å²) in [6, 6.07) is 22.1. The van der Waals surface area contributed by atoms with Crippen LogP contribution in [0.25, 0.3) is 22.6 Å². The quantitative estimate of drug-likeness (QED) is 0.564. The van der Waals surface area contributed by atoms with Gasteiger partial charge in [0.05, 0.1) is 5.69 Å². The topological polar surface area (TPSA) is 41.6 Å². The summed E-state index contributed by atoms with van der Waals surface area (Å²) in [7, 11) is 0. The van der Waals surface area contributed by atoms with Crippen LogP contribution in [-0.4, -0.2) is 9.55 Å². The van der Waals surface area contributed by atoms with Gasteiger partial charge in [-0.15, -0.1) is 0 Å². The van der Waals surface area contributed by atoms with Crippen LogP contribution in [-0.2, 0) is 6.54 Å². The fourth-order valence-electron chi connectivity index (χ4n) is 2.79. The first-order valence-electron chi connectivity index (χ1n) is 8.42. The van der Waals surface area contributed by atoms with Gasteiger partial charge < -0.3 is 4.57 Å². The van der Waals surface area contributed by atoms with Crippen molar-refractivity contribution in [3.63, 3.8) is 0 Å². The number of hydrogen-bond acceptors (Lipinski definition) is 3. The zero-order valence-electron chi connectivity index (χ0n) is 14.1. The molecule has 0 unspecified atom stereocenters. The molecule has 0 radical (unpaired) electrons. The lowest BCUT2D eigenvalue weighted by molar-refractivity contribution is 0.619. The van der Waals surface area contributed by atoms with Crippen molar-refractivity contribution < 1.29 is 0 Å². The van der Waals surface area contributed by atoms with Gasteiger partial charge in [0.15, 0.2) is 0 Å². The Labute approximate surface area is 153 Å². The molecule has 0 atom stereocenters. The number of aromatic nitrogens is 2. The maximum absolute atomic E-state index is 9.70. The molecule has 0 saturated carbocycles. The summed E-state index contributed by atoms with van der Waals surface area (Å²) in [5.74, 6) is 0.817. The van der Waals surface area contributed by atoms with E-state index in [-0.39, 0.29) is 0 Å². The molecule has 0 aliphatic heterocycles. The van der Waals surface area contributed by atoms with Crippen molar-refractivity contribution in [1.82, 2.24) is 9.55 Å². The predicted molar refractivity (Wildman–Crippen MR) is 104 cm³/mol. The van der Waals surface area contributed by atoms with Crippen molar-refractivity contribution in [3.05, 3.63) is 70.9 Å². The Morgan fingerprint density at radius 2 is 1.60 bits per heavy atom. The average Bonchev–Trinajstić information content (AvgIpc) is 2.67. The van der Waals surface area contributed by atoms with Crippen molar-refractivity contribution in [2.45, 2.75) is 26.3 Å². The van der Waals surface area contributed by atoms with Gasteiger partial charge in [-0.2, -0.15) is 5.26 Å². The van der Waals surface area contributed by atoms with Crippen LogP contribution in [0.2, 0.25) is 0 Å². The summed E-state index contributed by atoms with van der Waals surface area (Å²) in [6.07, 6.45) is 2.05. The van der Waals surface area contributed by atoms with Gasteiger partial charge in [0, 0.05) is 17.7 Å². The summed E-state index contributed by atoms with van der Waals surface area (Å²) in [5.41, 5.74) is 3.04. The fourth-order valence-corrected chi connectivity index (χ4v) is 3.11. The first kappa shape index (κ1) is 17.1. The SMILES string of the molecule is CCCCn1c(-c2ccccc2)nc(-c2ccccc2)c(C#N)c1=S. The molecule has 0 amide bonds. The third-order valence-corrected chi connectivity index (χ3v) is 4.52. The first-order chi connectivity index (χ1) is 12.3. The van der Waals surface area contributed by atoms with Crippen molar-refractivity contribution in [2.24, 2.45) is 0 Å². The molecule has 3 aromatic rings. The molecule has 0 fully saturated rings. The van der Waals surface area contributed by atoms with Crippen molar-refractivity contribution >= 4 is 12.2 Å². The zero-order valence-corrected chi connectivity index (χ0v) is 15.0. The average molecular weight is 345 g/mol. The molecule has 1 aromatic heterocycles. The van der Waals surface area contributed by atoms with E-state index in [1.54, 1.807) is 0 Å². The van der Waals surface area contributed by atoms with Crippen LogP contribution in [0, 0.1) is 16.0 Å². The highest BCUT2D eigenvalue weighted by Crippen LogP contribution is 2.27. The van der Waals surface area contributed by atoms with Crippen LogP contribution in [0.4, 0.5) is 0 Å². The highest BCUT2D eigenvalue weighted by Gasteiger charge is 2.16. The van der Waals surface area contributed by atoms with Crippen molar-refractivity contribution in [2.75, 3.05) is 0 Å². The van der Waals surface area contributed by atoms with E-state index in [9.17, 15) is 5.26 Å². The Bertz CT molecular complexity index is 954. The summed E-state index contributed by atoms with van der Waals surface area (Å²) >= 11 is 5.68. The number of rotatable bonds is 5. The van der Waals surface area contributed by atoms with E-state index >= 15 is 0 Å². The maximum Gasteiger partial charge on any atom is 0.141 e. The predicted octanol–water partition coefficient (Wildman–Crippen LogP) is 5.62. The highest BCUT2D eigenvalue weighted by molar-refractivity contribution is 7.71. The second-order valence-electron chi connectivity index (χ2n) is 5.81. The van der Waals surface area contributed by atoms with Crippen LogP contribution in [0.5, 0.6) is 0 Å². The number of nitriles is 1. The van der Waals surface area contributed by atoms with Gasteiger partial charge in [0.2, 0.25) is 0 Å². The molecule has 0 spiro atoms. The van der Waals surface area contributed by atoms with E-state index in [1.165, 1.54) is 0 Å². The van der Waals surface area contributed by atoms with Gasteiger partial charge in [0.1, 0.15) is 22.1 Å². The van der Waals surface area contributed by atoms with Crippen LogP contribution >= 0.6 is 12.2 Å². The molecule has 2 aromatic carbocycles. The van der Waals surface area contributed by atoms with E-state index in [0.717, 1.165) is 36.3 Å². The lowest BCUT2D eigenvalue weighted by atomic mass is 10.1. The molecule has 124 valence electrons. The summed E-state index contributed by atoms with van der Waals surface area (Å²) < 4.78 is 2.56. The number of benzene rings is 2. The lowest BCUT2D eigenvalue weighted by Crippen LogP contribution is -2.10. The molecule has 0 aliphatic rings. The minimum absolute atomic E-state index is 0.469. The van der Waals surface area contributed by atoms with Crippen LogP contribution in [0.15, 0.2) is 60.7 Å². The van der Waals surface area contributed by atoms with E-state index in [2.05, 4.69) is 13.0 Å². The van der Waals surface area contributed by atoms with Crippen molar-refractivity contribution in [1.29, 1.82) is 5.26 Å². The summed E-state index contributed by atoms with van der Waals surface area (Å²) in [6.45, 7) is 2.90. The fraction of sp³-hybridized carbons (Fsp3) is 0.190. The molecule has 1 heterocycles. The molecule has 0 N–H and O–H groups in total. The van der Waals surface area contributed by atoms with E-state index < -0.39 is 0 Å². The van der Waals surface area contributed by atoms with Crippen LogP contribution in [0.1, 0.15) is 25.3 Å². The Hall–Kier alpha value is -2.77. The Morgan fingerprint density at radius 1 is 1.00 bits per heavy atom. The zero-order chi connectivity index (χ0) is 17.6. The largest absolute Gasteiger partial charge is 0.316 e. The Balaban J connectivity index is 2.30. The molecule has 25 heavy (non-hydrogen) atoms. The monoisotopic (exact) mass is 345 g/mol. The minimum Gasteiger partial charge on any atom is -0.316 e. The standard InChI is InChI=1S/C21H19N3S/c1-2-3-14-24-20(17-12-8-5-9-13-17)23-19(18(15-22)21(24)25)16-10-6-4-7-11-16/h4-13H,2-3,14H2,1H3. The van der Waals surface area contributed by atoms with Gasteiger partial charge in [0.25, 0.3) is 0 Å². The molecule has 0 saturated heterocycles. The van der Waals surface area contributed by atoms with Gasteiger partial charge in [-0.1, -0.05) is 86.2 Å². The maximum atomic E-state index is 9.70. The molecule has 0 bridgehead atoms. The molecular weight excluding hydrogens is 326 g/mol. The first-order valence-corrected chi connectivity index (χ1v) is 8.83.